The molecule has 1 atom stereocenters. The van der Waals surface area contributed by atoms with Crippen molar-refractivity contribution in [2.24, 2.45) is 0 Å². The fourth-order valence-corrected chi connectivity index (χ4v) is 3.13. The SMILES string of the molecule is CC(c1ccccc1O)N1CCCCc2ccccc21. The summed E-state index contributed by atoms with van der Waals surface area (Å²) in [5.41, 5.74) is 3.75. The number of hydrogen-bond donors (Lipinski definition) is 1. The van der Waals surface area contributed by atoms with Crippen LogP contribution in [0.4, 0.5) is 5.69 Å². The second-order valence-corrected chi connectivity index (χ2v) is 5.51. The van der Waals surface area contributed by atoms with Crippen LogP contribution >= 0.6 is 0 Å². The van der Waals surface area contributed by atoms with E-state index in [2.05, 4.69) is 36.1 Å². The number of aromatic hydroxyl groups is 1. The van der Waals surface area contributed by atoms with E-state index in [1.165, 1.54) is 24.1 Å². The molecule has 0 aromatic heterocycles. The van der Waals surface area contributed by atoms with Gasteiger partial charge in [0.2, 0.25) is 0 Å². The maximum Gasteiger partial charge on any atom is 0.120 e. The van der Waals surface area contributed by atoms with E-state index in [4.69, 9.17) is 0 Å². The molecule has 0 bridgehead atoms. The van der Waals surface area contributed by atoms with E-state index < -0.39 is 0 Å². The topological polar surface area (TPSA) is 23.5 Å². The number of anilines is 1. The molecule has 0 radical (unpaired) electrons. The van der Waals surface area contributed by atoms with Crippen LogP contribution < -0.4 is 4.90 Å². The van der Waals surface area contributed by atoms with E-state index in [1.54, 1.807) is 6.07 Å². The van der Waals surface area contributed by atoms with E-state index in [1.807, 2.05) is 18.2 Å². The third-order valence-corrected chi connectivity index (χ3v) is 4.25. The zero-order chi connectivity index (χ0) is 13.9. The number of hydrogen-bond acceptors (Lipinski definition) is 2. The lowest BCUT2D eigenvalue weighted by atomic mass is 10.0. The number of nitrogens with zero attached hydrogens (tertiary/aromatic N) is 1. The molecule has 1 unspecified atom stereocenters. The Morgan fingerprint density at radius 3 is 2.60 bits per heavy atom. The predicted molar refractivity (Wildman–Crippen MR) is 83.2 cm³/mol. The van der Waals surface area contributed by atoms with Gasteiger partial charge >= 0.3 is 0 Å². The lowest BCUT2D eigenvalue weighted by molar-refractivity contribution is 0.460. The Hall–Kier alpha value is -1.96. The van der Waals surface area contributed by atoms with Crippen molar-refractivity contribution in [1.82, 2.24) is 0 Å². The van der Waals surface area contributed by atoms with Gasteiger partial charge in [0, 0.05) is 17.8 Å². The lowest BCUT2D eigenvalue weighted by Crippen LogP contribution is -2.27. The van der Waals surface area contributed by atoms with E-state index in [0.29, 0.717) is 5.75 Å². The quantitative estimate of drug-likeness (QED) is 0.877. The average Bonchev–Trinajstić information content (AvgIpc) is 2.69. The Morgan fingerprint density at radius 1 is 1.00 bits per heavy atom. The Kier molecular flexibility index (Phi) is 3.64. The summed E-state index contributed by atoms with van der Waals surface area (Å²) in [5.74, 6) is 0.390. The molecule has 1 N–H and O–H groups in total. The molecule has 1 heterocycles. The second-order valence-electron chi connectivity index (χ2n) is 5.51. The zero-order valence-corrected chi connectivity index (χ0v) is 11.9. The fraction of sp³-hybridized carbons (Fsp3) is 0.333. The smallest absolute Gasteiger partial charge is 0.120 e. The number of phenolic OH excluding ortho intramolecular Hbond substituents is 1. The van der Waals surface area contributed by atoms with Crippen LogP contribution in [0.5, 0.6) is 5.75 Å². The van der Waals surface area contributed by atoms with Gasteiger partial charge in [-0.05, 0) is 43.9 Å². The van der Waals surface area contributed by atoms with Gasteiger partial charge < -0.3 is 10.0 Å². The molecule has 0 fully saturated rings. The van der Waals surface area contributed by atoms with E-state index in [-0.39, 0.29) is 6.04 Å². The van der Waals surface area contributed by atoms with Crippen LogP contribution in [0.25, 0.3) is 0 Å². The number of fused-ring (bicyclic) bond motifs is 1. The van der Waals surface area contributed by atoms with Crippen LogP contribution in [0, 0.1) is 0 Å². The van der Waals surface area contributed by atoms with Gasteiger partial charge in [-0.2, -0.15) is 0 Å². The number of phenols is 1. The van der Waals surface area contributed by atoms with Crippen molar-refractivity contribution >= 4 is 5.69 Å². The van der Waals surface area contributed by atoms with Crippen LogP contribution in [0.1, 0.15) is 36.9 Å². The van der Waals surface area contributed by atoms with Gasteiger partial charge in [0.15, 0.2) is 0 Å². The molecule has 3 rings (SSSR count). The Balaban J connectivity index is 1.99. The summed E-state index contributed by atoms with van der Waals surface area (Å²) >= 11 is 0. The summed E-state index contributed by atoms with van der Waals surface area (Å²) in [6.07, 6.45) is 3.59. The molecule has 0 saturated carbocycles. The summed E-state index contributed by atoms with van der Waals surface area (Å²) in [6.45, 7) is 3.23. The van der Waals surface area contributed by atoms with Gasteiger partial charge in [-0.15, -0.1) is 0 Å². The molecule has 2 nitrogen and oxygen atoms in total. The van der Waals surface area contributed by atoms with Gasteiger partial charge in [-0.3, -0.25) is 0 Å². The number of aryl methyl sites for hydroxylation is 1. The second kappa shape index (κ2) is 5.58. The van der Waals surface area contributed by atoms with Crippen molar-refractivity contribution in [3.8, 4) is 5.75 Å². The number of rotatable bonds is 2. The first kappa shape index (κ1) is 13.0. The van der Waals surface area contributed by atoms with Gasteiger partial charge in [0.25, 0.3) is 0 Å². The summed E-state index contributed by atoms with van der Waals surface area (Å²) in [4.78, 5) is 2.43. The molecule has 0 saturated heterocycles. The maximum atomic E-state index is 10.1. The van der Waals surface area contributed by atoms with Crippen LogP contribution in [0.15, 0.2) is 48.5 Å². The third-order valence-electron chi connectivity index (χ3n) is 4.25. The van der Waals surface area contributed by atoms with Crippen LogP contribution in [0.2, 0.25) is 0 Å². The molecule has 2 aromatic rings. The summed E-state index contributed by atoms with van der Waals surface area (Å²) in [7, 11) is 0. The van der Waals surface area contributed by atoms with Gasteiger partial charge in [-0.25, -0.2) is 0 Å². The molecule has 0 amide bonds. The third kappa shape index (κ3) is 2.38. The Bertz CT molecular complexity index is 593. The van der Waals surface area contributed by atoms with E-state index >= 15 is 0 Å². The standard InChI is InChI=1S/C18H21NO/c1-14(16-10-3-5-12-18(16)20)19-13-7-6-9-15-8-2-4-11-17(15)19/h2-5,8,10-12,14,20H,6-7,9,13H2,1H3. The largest absolute Gasteiger partial charge is 0.508 e. The highest BCUT2D eigenvalue weighted by molar-refractivity contribution is 5.56. The molecule has 0 aliphatic carbocycles. The highest BCUT2D eigenvalue weighted by Crippen LogP contribution is 2.35. The summed E-state index contributed by atoms with van der Waals surface area (Å²) in [6, 6.07) is 16.5. The lowest BCUT2D eigenvalue weighted by Gasteiger charge is -2.32. The monoisotopic (exact) mass is 267 g/mol. The van der Waals surface area contributed by atoms with Crippen LogP contribution in [0.3, 0.4) is 0 Å². The normalized spacial score (nSPS) is 16.4. The predicted octanol–water partition coefficient (Wildman–Crippen LogP) is 4.30. The van der Waals surface area contributed by atoms with Crippen molar-refractivity contribution in [2.45, 2.75) is 32.2 Å². The number of benzene rings is 2. The van der Waals surface area contributed by atoms with Crippen LogP contribution in [-0.2, 0) is 6.42 Å². The van der Waals surface area contributed by atoms with Crippen molar-refractivity contribution in [3.05, 3.63) is 59.7 Å². The Morgan fingerprint density at radius 2 is 1.75 bits per heavy atom. The van der Waals surface area contributed by atoms with Crippen molar-refractivity contribution in [1.29, 1.82) is 0 Å². The maximum absolute atomic E-state index is 10.1. The molecule has 1 aliphatic heterocycles. The van der Waals surface area contributed by atoms with E-state index in [0.717, 1.165) is 18.5 Å². The zero-order valence-electron chi connectivity index (χ0n) is 11.9. The van der Waals surface area contributed by atoms with Crippen molar-refractivity contribution in [2.75, 3.05) is 11.4 Å². The van der Waals surface area contributed by atoms with Gasteiger partial charge in [0.1, 0.15) is 5.75 Å². The first-order valence-corrected chi connectivity index (χ1v) is 7.40. The molecule has 2 aromatic carbocycles. The highest BCUT2D eigenvalue weighted by Gasteiger charge is 2.22. The fourth-order valence-electron chi connectivity index (χ4n) is 3.13. The van der Waals surface area contributed by atoms with Crippen molar-refractivity contribution < 1.29 is 5.11 Å². The highest BCUT2D eigenvalue weighted by atomic mass is 16.3. The van der Waals surface area contributed by atoms with Crippen molar-refractivity contribution in [3.63, 3.8) is 0 Å². The van der Waals surface area contributed by atoms with Gasteiger partial charge in [-0.1, -0.05) is 36.4 Å². The number of para-hydroxylation sites is 2. The Labute approximate surface area is 120 Å². The van der Waals surface area contributed by atoms with E-state index in [9.17, 15) is 5.11 Å². The minimum atomic E-state index is 0.190. The molecule has 0 spiro atoms. The molecule has 2 heteroatoms. The minimum Gasteiger partial charge on any atom is -0.508 e. The average molecular weight is 267 g/mol. The molecular formula is C18H21NO. The minimum absolute atomic E-state index is 0.190. The van der Waals surface area contributed by atoms with Gasteiger partial charge in [0.05, 0.1) is 6.04 Å². The first-order chi connectivity index (χ1) is 9.77. The first-order valence-electron chi connectivity index (χ1n) is 7.40. The van der Waals surface area contributed by atoms with Crippen LogP contribution in [-0.4, -0.2) is 11.7 Å². The molecular weight excluding hydrogens is 246 g/mol. The summed E-state index contributed by atoms with van der Waals surface area (Å²) < 4.78 is 0. The molecule has 104 valence electrons. The molecule has 20 heavy (non-hydrogen) atoms. The summed E-state index contributed by atoms with van der Waals surface area (Å²) in [5, 5.41) is 10.1. The molecule has 1 aliphatic rings.